The van der Waals surface area contributed by atoms with Gasteiger partial charge in [-0.1, -0.05) is 13.3 Å². The predicted molar refractivity (Wildman–Crippen MR) is 54.6 cm³/mol. The van der Waals surface area contributed by atoms with Crippen molar-refractivity contribution in [2.24, 2.45) is 35.5 Å². The van der Waals surface area contributed by atoms with Gasteiger partial charge in [0.05, 0.1) is 5.60 Å². The summed E-state index contributed by atoms with van der Waals surface area (Å²) in [6.45, 7) is 2.23. The highest BCUT2D eigenvalue weighted by molar-refractivity contribution is 5.24. The third kappa shape index (κ3) is 0.743. The van der Waals surface area contributed by atoms with Gasteiger partial charge < -0.3 is 5.11 Å². The van der Waals surface area contributed by atoms with Crippen LogP contribution in [0.4, 0.5) is 0 Å². The van der Waals surface area contributed by atoms with E-state index in [0.717, 1.165) is 36.0 Å². The molecule has 0 aromatic heterocycles. The highest BCUT2D eigenvalue weighted by Crippen LogP contribution is 2.76. The Morgan fingerprint density at radius 2 is 1.86 bits per heavy atom. The molecule has 4 saturated carbocycles. The number of fused-ring (bicyclic) bond motifs is 5. The van der Waals surface area contributed by atoms with Crippen molar-refractivity contribution in [1.82, 2.24) is 0 Å². The number of hydrogen-bond donors (Lipinski definition) is 1. The largest absolute Gasteiger partial charge is 0.389 e. The number of aliphatic hydroxyl groups is 1. The smallest absolute Gasteiger partial charge is 0.0714 e. The molecule has 6 unspecified atom stereocenters. The molecule has 78 valence electrons. The van der Waals surface area contributed by atoms with Crippen molar-refractivity contribution in [2.75, 3.05) is 0 Å². The molecule has 4 fully saturated rings. The normalized spacial score (nSPS) is 68.1. The Morgan fingerprint density at radius 1 is 1.21 bits per heavy atom. The molecule has 0 saturated heterocycles. The molecule has 4 aliphatic carbocycles. The molecule has 1 nitrogen and oxygen atoms in total. The lowest BCUT2D eigenvalue weighted by atomic mass is 9.96. The molecule has 0 aromatic carbocycles. The van der Waals surface area contributed by atoms with Crippen molar-refractivity contribution >= 4 is 0 Å². The molecule has 0 aromatic rings. The van der Waals surface area contributed by atoms with Crippen LogP contribution < -0.4 is 0 Å². The Kier molecular flexibility index (Phi) is 1.29. The summed E-state index contributed by atoms with van der Waals surface area (Å²) in [4.78, 5) is 0. The van der Waals surface area contributed by atoms with Gasteiger partial charge in [0, 0.05) is 0 Å². The van der Waals surface area contributed by atoms with Crippen LogP contribution in [-0.4, -0.2) is 10.7 Å². The fourth-order valence-electron chi connectivity index (χ4n) is 5.23. The van der Waals surface area contributed by atoms with Crippen molar-refractivity contribution in [1.29, 1.82) is 0 Å². The first kappa shape index (κ1) is 8.15. The fraction of sp³-hybridized carbons (Fsp3) is 1.00. The Balaban J connectivity index is 1.56. The van der Waals surface area contributed by atoms with Crippen LogP contribution in [0.3, 0.4) is 0 Å². The van der Waals surface area contributed by atoms with Gasteiger partial charge in [-0.15, -0.1) is 0 Å². The van der Waals surface area contributed by atoms with Crippen LogP contribution in [0.25, 0.3) is 0 Å². The monoisotopic (exact) mass is 192 g/mol. The molecule has 6 atom stereocenters. The number of rotatable bonds is 2. The molecule has 1 heteroatoms. The quantitative estimate of drug-likeness (QED) is 0.712. The highest BCUT2D eigenvalue weighted by atomic mass is 16.3. The lowest BCUT2D eigenvalue weighted by Crippen LogP contribution is -2.19. The average molecular weight is 192 g/mol. The van der Waals surface area contributed by atoms with Crippen LogP contribution in [0.15, 0.2) is 0 Å². The highest BCUT2D eigenvalue weighted by Gasteiger charge is 2.75. The Hall–Kier alpha value is -0.0400. The Morgan fingerprint density at radius 3 is 2.36 bits per heavy atom. The van der Waals surface area contributed by atoms with E-state index in [2.05, 4.69) is 6.92 Å². The first-order valence-corrected chi connectivity index (χ1v) is 6.48. The Bertz CT molecular complexity index is 271. The lowest BCUT2D eigenvalue weighted by molar-refractivity contribution is 0.0854. The van der Waals surface area contributed by atoms with E-state index in [0.29, 0.717) is 5.92 Å². The van der Waals surface area contributed by atoms with E-state index in [1.165, 1.54) is 25.7 Å². The zero-order valence-electron chi connectivity index (χ0n) is 8.95. The minimum atomic E-state index is -0.175. The maximum absolute atomic E-state index is 10.5. The summed E-state index contributed by atoms with van der Waals surface area (Å²) < 4.78 is 0. The van der Waals surface area contributed by atoms with Crippen molar-refractivity contribution < 1.29 is 5.11 Å². The van der Waals surface area contributed by atoms with E-state index in [4.69, 9.17) is 0 Å². The molecule has 4 rings (SSSR count). The number of hydrogen-bond acceptors (Lipinski definition) is 1. The first-order valence-electron chi connectivity index (χ1n) is 6.48. The third-order valence-corrected chi connectivity index (χ3v) is 5.93. The minimum Gasteiger partial charge on any atom is -0.389 e. The SMILES string of the molecule is CCC1CC1(O)C1C2C3CCC(C3)C21. The molecule has 0 amide bonds. The zero-order chi connectivity index (χ0) is 9.50. The van der Waals surface area contributed by atoms with Gasteiger partial charge in [-0.2, -0.15) is 0 Å². The molecular weight excluding hydrogens is 172 g/mol. The topological polar surface area (TPSA) is 20.2 Å². The van der Waals surface area contributed by atoms with Crippen LogP contribution in [0.2, 0.25) is 0 Å². The van der Waals surface area contributed by atoms with Crippen LogP contribution in [0.1, 0.15) is 39.0 Å². The average Bonchev–Trinajstić information content (AvgIpc) is 3.00. The van der Waals surface area contributed by atoms with Crippen LogP contribution in [0.5, 0.6) is 0 Å². The molecule has 4 aliphatic rings. The summed E-state index contributed by atoms with van der Waals surface area (Å²) in [5.41, 5.74) is -0.175. The van der Waals surface area contributed by atoms with Gasteiger partial charge in [-0.25, -0.2) is 0 Å². The van der Waals surface area contributed by atoms with Crippen molar-refractivity contribution in [3.63, 3.8) is 0 Å². The summed E-state index contributed by atoms with van der Waals surface area (Å²) in [5, 5.41) is 10.5. The third-order valence-electron chi connectivity index (χ3n) is 5.93. The summed E-state index contributed by atoms with van der Waals surface area (Å²) in [7, 11) is 0. The van der Waals surface area contributed by atoms with Crippen molar-refractivity contribution in [3.8, 4) is 0 Å². The summed E-state index contributed by atoms with van der Waals surface area (Å²) in [6, 6.07) is 0. The van der Waals surface area contributed by atoms with E-state index < -0.39 is 0 Å². The molecule has 14 heavy (non-hydrogen) atoms. The van der Waals surface area contributed by atoms with Gasteiger partial charge >= 0.3 is 0 Å². The van der Waals surface area contributed by atoms with Gasteiger partial charge in [0.1, 0.15) is 0 Å². The van der Waals surface area contributed by atoms with E-state index in [1.807, 2.05) is 0 Å². The molecule has 0 aliphatic heterocycles. The second-order valence-corrected chi connectivity index (χ2v) is 6.31. The second-order valence-electron chi connectivity index (χ2n) is 6.31. The maximum atomic E-state index is 10.5. The van der Waals surface area contributed by atoms with Crippen molar-refractivity contribution in [3.05, 3.63) is 0 Å². The lowest BCUT2D eigenvalue weighted by Gasteiger charge is -2.15. The Labute approximate surface area is 85.9 Å². The molecule has 0 spiro atoms. The molecule has 1 N–H and O–H groups in total. The van der Waals surface area contributed by atoms with Gasteiger partial charge in [0.25, 0.3) is 0 Å². The minimum absolute atomic E-state index is 0.175. The van der Waals surface area contributed by atoms with Crippen molar-refractivity contribution in [2.45, 2.75) is 44.6 Å². The standard InChI is InChI=1S/C13H20O/c1-2-9-6-13(9,14)12-10-7-3-4-8(5-7)11(10)12/h7-12,14H,2-6H2,1H3. The molecular formula is C13H20O. The van der Waals surface area contributed by atoms with Gasteiger partial charge in [-0.05, 0) is 61.2 Å². The molecule has 2 bridgehead atoms. The summed E-state index contributed by atoms with van der Waals surface area (Å²) >= 11 is 0. The van der Waals surface area contributed by atoms with Gasteiger partial charge in [-0.3, -0.25) is 0 Å². The summed E-state index contributed by atoms with van der Waals surface area (Å²) in [6.07, 6.45) is 6.80. The van der Waals surface area contributed by atoms with E-state index in [9.17, 15) is 5.11 Å². The van der Waals surface area contributed by atoms with E-state index in [-0.39, 0.29) is 5.60 Å². The second kappa shape index (κ2) is 2.21. The van der Waals surface area contributed by atoms with E-state index >= 15 is 0 Å². The fourth-order valence-corrected chi connectivity index (χ4v) is 5.23. The first-order chi connectivity index (χ1) is 6.75. The van der Waals surface area contributed by atoms with E-state index in [1.54, 1.807) is 0 Å². The molecule has 0 heterocycles. The summed E-state index contributed by atoms with van der Waals surface area (Å²) in [5.74, 6) is 5.40. The zero-order valence-corrected chi connectivity index (χ0v) is 8.95. The molecule has 0 radical (unpaired) electrons. The predicted octanol–water partition coefficient (Wildman–Crippen LogP) is 2.44. The maximum Gasteiger partial charge on any atom is 0.0714 e. The van der Waals surface area contributed by atoms with Gasteiger partial charge in [0.2, 0.25) is 0 Å². The van der Waals surface area contributed by atoms with Gasteiger partial charge in [0.15, 0.2) is 0 Å². The van der Waals surface area contributed by atoms with Crippen LogP contribution in [-0.2, 0) is 0 Å². The van der Waals surface area contributed by atoms with Crippen LogP contribution in [0, 0.1) is 35.5 Å². The van der Waals surface area contributed by atoms with Crippen LogP contribution >= 0.6 is 0 Å².